The monoisotopic (exact) mass is 410 g/mol. The Labute approximate surface area is 168 Å². The van der Waals surface area contributed by atoms with Crippen LogP contribution in [0.1, 0.15) is 25.8 Å². The van der Waals surface area contributed by atoms with E-state index in [4.69, 9.17) is 4.74 Å². The standard InChI is InChI=1S/C17H17F3N4O2.C3H8/c18-17(19,20)12-2-1-3-13(10-12)22-15-5-4-14(11-21-15)23-16(25)24-6-8-26-9-7-24;1-3-2/h1-5,10-11H,6-9H2,(H,21,22)(H,23,25);3H2,1-2H3. The maximum Gasteiger partial charge on any atom is 0.416 e. The van der Waals surface area contributed by atoms with Gasteiger partial charge in [0, 0.05) is 18.8 Å². The van der Waals surface area contributed by atoms with Crippen LogP contribution in [-0.4, -0.2) is 42.2 Å². The lowest BCUT2D eigenvalue weighted by Crippen LogP contribution is -2.43. The number of hydrogen-bond acceptors (Lipinski definition) is 4. The van der Waals surface area contributed by atoms with E-state index in [9.17, 15) is 18.0 Å². The van der Waals surface area contributed by atoms with Gasteiger partial charge in [0.25, 0.3) is 0 Å². The first-order valence-electron chi connectivity index (χ1n) is 9.37. The summed E-state index contributed by atoms with van der Waals surface area (Å²) in [7, 11) is 0. The molecular formula is C20H25F3N4O2. The number of anilines is 3. The predicted molar refractivity (Wildman–Crippen MR) is 106 cm³/mol. The molecule has 158 valence electrons. The minimum atomic E-state index is -4.40. The van der Waals surface area contributed by atoms with Crippen molar-refractivity contribution >= 4 is 23.2 Å². The molecule has 1 aliphatic heterocycles. The fourth-order valence-corrected chi connectivity index (χ4v) is 2.43. The van der Waals surface area contributed by atoms with Gasteiger partial charge in [-0.25, -0.2) is 9.78 Å². The zero-order chi connectivity index (χ0) is 21.3. The van der Waals surface area contributed by atoms with Gasteiger partial charge in [0.2, 0.25) is 0 Å². The van der Waals surface area contributed by atoms with Crippen LogP contribution in [0.4, 0.5) is 35.2 Å². The van der Waals surface area contributed by atoms with E-state index < -0.39 is 11.7 Å². The molecule has 2 aromatic rings. The maximum absolute atomic E-state index is 12.7. The molecule has 1 aliphatic rings. The number of rotatable bonds is 3. The van der Waals surface area contributed by atoms with E-state index in [1.165, 1.54) is 24.8 Å². The number of halogens is 3. The third-order valence-electron chi connectivity index (χ3n) is 3.78. The molecule has 2 amide bonds. The van der Waals surface area contributed by atoms with Crippen molar-refractivity contribution in [1.82, 2.24) is 9.88 Å². The van der Waals surface area contributed by atoms with E-state index in [0.717, 1.165) is 12.1 Å². The van der Waals surface area contributed by atoms with Crippen LogP contribution in [0.5, 0.6) is 0 Å². The van der Waals surface area contributed by atoms with Gasteiger partial charge in [-0.3, -0.25) is 0 Å². The highest BCUT2D eigenvalue weighted by atomic mass is 19.4. The first-order chi connectivity index (χ1) is 13.8. The van der Waals surface area contributed by atoms with Gasteiger partial charge >= 0.3 is 12.2 Å². The molecule has 6 nitrogen and oxygen atoms in total. The molecule has 0 atom stereocenters. The van der Waals surface area contributed by atoms with Gasteiger partial charge in [0.1, 0.15) is 5.82 Å². The summed E-state index contributed by atoms with van der Waals surface area (Å²) in [6, 6.07) is 7.82. The summed E-state index contributed by atoms with van der Waals surface area (Å²) in [6.07, 6.45) is -1.72. The Morgan fingerprint density at radius 3 is 2.41 bits per heavy atom. The van der Waals surface area contributed by atoms with Crippen molar-refractivity contribution in [3.8, 4) is 0 Å². The molecule has 2 N–H and O–H groups in total. The molecule has 0 radical (unpaired) electrons. The number of alkyl halides is 3. The molecule has 3 rings (SSSR count). The van der Waals surface area contributed by atoms with E-state index in [-0.39, 0.29) is 11.7 Å². The minimum Gasteiger partial charge on any atom is -0.378 e. The largest absolute Gasteiger partial charge is 0.416 e. The third kappa shape index (κ3) is 7.26. The van der Waals surface area contributed by atoms with Crippen LogP contribution >= 0.6 is 0 Å². The number of benzene rings is 1. The molecule has 1 aromatic carbocycles. The first kappa shape index (κ1) is 22.5. The molecule has 29 heavy (non-hydrogen) atoms. The normalized spacial score (nSPS) is 13.9. The van der Waals surface area contributed by atoms with Crippen molar-refractivity contribution in [2.24, 2.45) is 0 Å². The Hall–Kier alpha value is -2.81. The van der Waals surface area contributed by atoms with E-state index >= 15 is 0 Å². The summed E-state index contributed by atoms with van der Waals surface area (Å²) in [6.45, 7) is 6.31. The van der Waals surface area contributed by atoms with E-state index in [1.807, 2.05) is 0 Å². The summed E-state index contributed by atoms with van der Waals surface area (Å²) >= 11 is 0. The summed E-state index contributed by atoms with van der Waals surface area (Å²) in [5, 5.41) is 5.53. The second-order valence-electron chi connectivity index (χ2n) is 6.37. The van der Waals surface area contributed by atoms with Gasteiger partial charge < -0.3 is 20.3 Å². The Morgan fingerprint density at radius 2 is 1.83 bits per heavy atom. The number of carbonyl (C=O) groups is 1. The van der Waals surface area contributed by atoms with Crippen molar-refractivity contribution in [2.75, 3.05) is 36.9 Å². The van der Waals surface area contributed by atoms with Crippen LogP contribution in [0.25, 0.3) is 0 Å². The highest BCUT2D eigenvalue weighted by Crippen LogP contribution is 2.31. The zero-order valence-electron chi connectivity index (χ0n) is 16.4. The van der Waals surface area contributed by atoms with Gasteiger partial charge in [-0.2, -0.15) is 13.2 Å². The van der Waals surface area contributed by atoms with Crippen LogP contribution in [0, 0.1) is 0 Å². The Balaban J connectivity index is 0.000000941. The van der Waals surface area contributed by atoms with Gasteiger partial charge in [-0.1, -0.05) is 26.3 Å². The lowest BCUT2D eigenvalue weighted by atomic mass is 10.2. The lowest BCUT2D eigenvalue weighted by molar-refractivity contribution is -0.137. The third-order valence-corrected chi connectivity index (χ3v) is 3.78. The van der Waals surface area contributed by atoms with Crippen LogP contribution in [-0.2, 0) is 10.9 Å². The molecular weight excluding hydrogens is 385 g/mol. The summed E-state index contributed by atoms with van der Waals surface area (Å²) in [4.78, 5) is 17.8. The number of aromatic nitrogens is 1. The molecule has 0 spiro atoms. The predicted octanol–water partition coefficient (Wildman–Crippen LogP) is 5.12. The smallest absolute Gasteiger partial charge is 0.378 e. The number of ether oxygens (including phenoxy) is 1. The topological polar surface area (TPSA) is 66.5 Å². The molecule has 2 heterocycles. The first-order valence-corrected chi connectivity index (χ1v) is 9.37. The number of carbonyl (C=O) groups excluding carboxylic acids is 1. The van der Waals surface area contributed by atoms with Crippen LogP contribution < -0.4 is 10.6 Å². The van der Waals surface area contributed by atoms with Gasteiger partial charge in [-0.05, 0) is 30.3 Å². The second kappa shape index (κ2) is 10.7. The Morgan fingerprint density at radius 1 is 1.14 bits per heavy atom. The molecule has 1 saturated heterocycles. The number of pyridine rings is 1. The summed E-state index contributed by atoms with van der Waals surface area (Å²) in [5.74, 6) is 0.369. The van der Waals surface area contributed by atoms with Crippen LogP contribution in [0.2, 0.25) is 0 Å². The molecule has 0 saturated carbocycles. The maximum atomic E-state index is 12.7. The van der Waals surface area contributed by atoms with E-state index in [2.05, 4.69) is 29.5 Å². The van der Waals surface area contributed by atoms with Crippen molar-refractivity contribution in [3.63, 3.8) is 0 Å². The van der Waals surface area contributed by atoms with Crippen molar-refractivity contribution < 1.29 is 22.7 Å². The molecule has 0 aliphatic carbocycles. The number of nitrogens with zero attached hydrogens (tertiary/aromatic N) is 2. The van der Waals surface area contributed by atoms with Gasteiger partial charge in [-0.15, -0.1) is 0 Å². The average Bonchev–Trinajstić information content (AvgIpc) is 2.70. The average molecular weight is 410 g/mol. The zero-order valence-corrected chi connectivity index (χ0v) is 16.4. The van der Waals surface area contributed by atoms with Crippen LogP contribution in [0.15, 0.2) is 42.6 Å². The quantitative estimate of drug-likeness (QED) is 0.737. The second-order valence-corrected chi connectivity index (χ2v) is 6.37. The van der Waals surface area contributed by atoms with E-state index in [0.29, 0.717) is 37.8 Å². The molecule has 9 heteroatoms. The SMILES string of the molecule is CCC.O=C(Nc1ccc(Nc2cccc(C(F)(F)F)c2)nc1)N1CCOCC1. The van der Waals surface area contributed by atoms with Crippen molar-refractivity contribution in [3.05, 3.63) is 48.2 Å². The fraction of sp³-hybridized carbons (Fsp3) is 0.400. The number of hydrogen-bond donors (Lipinski definition) is 2. The molecule has 1 aromatic heterocycles. The number of amides is 2. The lowest BCUT2D eigenvalue weighted by Gasteiger charge is -2.26. The molecule has 0 bridgehead atoms. The summed E-state index contributed by atoms with van der Waals surface area (Å²) in [5.41, 5.74) is 0.0328. The fourth-order valence-electron chi connectivity index (χ4n) is 2.43. The van der Waals surface area contributed by atoms with E-state index in [1.54, 1.807) is 17.0 Å². The minimum absolute atomic E-state index is 0.242. The Bertz CT molecular complexity index is 776. The number of nitrogens with one attached hydrogen (secondary N) is 2. The van der Waals surface area contributed by atoms with Gasteiger partial charge in [0.05, 0.1) is 30.7 Å². The van der Waals surface area contributed by atoms with Crippen LogP contribution in [0.3, 0.4) is 0 Å². The number of urea groups is 1. The summed E-state index contributed by atoms with van der Waals surface area (Å²) < 4.78 is 43.4. The molecule has 0 unspecified atom stereocenters. The van der Waals surface area contributed by atoms with Crippen molar-refractivity contribution in [1.29, 1.82) is 0 Å². The van der Waals surface area contributed by atoms with Crippen molar-refractivity contribution in [2.45, 2.75) is 26.4 Å². The number of morpholine rings is 1. The highest BCUT2D eigenvalue weighted by Gasteiger charge is 2.30. The highest BCUT2D eigenvalue weighted by molar-refractivity contribution is 5.89. The Kier molecular flexibility index (Phi) is 8.26. The molecule has 1 fully saturated rings. The van der Waals surface area contributed by atoms with Gasteiger partial charge in [0.15, 0.2) is 0 Å².